The number of likely N-dealkylation sites (tertiary alicyclic amines) is 1. The summed E-state index contributed by atoms with van der Waals surface area (Å²) >= 11 is 0. The molecule has 0 aromatic rings. The lowest BCUT2D eigenvalue weighted by atomic mass is 9.82. The molecular formula is C15H27NO2. The molecule has 3 rings (SSSR count). The summed E-state index contributed by atoms with van der Waals surface area (Å²) < 4.78 is 11.6. The van der Waals surface area contributed by atoms with Crippen LogP contribution in [0.3, 0.4) is 0 Å². The number of hydrogen-bond acceptors (Lipinski definition) is 3. The van der Waals surface area contributed by atoms with E-state index in [1.165, 1.54) is 32.2 Å². The quantitative estimate of drug-likeness (QED) is 0.755. The molecule has 2 saturated heterocycles. The molecule has 0 aromatic heterocycles. The number of rotatable bonds is 2. The van der Waals surface area contributed by atoms with Gasteiger partial charge < -0.3 is 14.4 Å². The maximum Gasteiger partial charge on any atom is 0.170 e. The SMILES string of the molecule is CC1CCC(CN2CCC3(CC2)OCCO3)CC1. The third-order valence-corrected chi connectivity index (χ3v) is 5.08. The van der Waals surface area contributed by atoms with Crippen molar-refractivity contribution in [2.24, 2.45) is 11.8 Å². The van der Waals surface area contributed by atoms with E-state index < -0.39 is 0 Å². The lowest BCUT2D eigenvalue weighted by Gasteiger charge is -2.39. The number of ether oxygens (including phenoxy) is 2. The summed E-state index contributed by atoms with van der Waals surface area (Å²) in [5.74, 6) is 1.71. The van der Waals surface area contributed by atoms with Gasteiger partial charge in [0.1, 0.15) is 0 Å². The summed E-state index contributed by atoms with van der Waals surface area (Å²) in [4.78, 5) is 2.64. The fourth-order valence-corrected chi connectivity index (χ4v) is 3.74. The molecule has 18 heavy (non-hydrogen) atoms. The van der Waals surface area contributed by atoms with Gasteiger partial charge in [0.25, 0.3) is 0 Å². The first-order chi connectivity index (χ1) is 8.76. The Balaban J connectivity index is 1.42. The van der Waals surface area contributed by atoms with Crippen LogP contribution in [-0.2, 0) is 9.47 Å². The Labute approximate surface area is 111 Å². The van der Waals surface area contributed by atoms with E-state index in [1.54, 1.807) is 0 Å². The van der Waals surface area contributed by atoms with Gasteiger partial charge in [-0.15, -0.1) is 0 Å². The summed E-state index contributed by atoms with van der Waals surface area (Å²) in [6.07, 6.45) is 7.89. The average Bonchev–Trinajstić information content (AvgIpc) is 2.84. The Bertz CT molecular complexity index is 258. The normalized spacial score (nSPS) is 37.2. The Hall–Kier alpha value is -0.120. The molecule has 104 valence electrons. The summed E-state index contributed by atoms with van der Waals surface area (Å²) in [6, 6.07) is 0. The first-order valence-electron chi connectivity index (χ1n) is 7.76. The first kappa shape index (κ1) is 12.9. The summed E-state index contributed by atoms with van der Waals surface area (Å²) in [6.45, 7) is 7.61. The van der Waals surface area contributed by atoms with Crippen LogP contribution in [-0.4, -0.2) is 43.5 Å². The fourth-order valence-electron chi connectivity index (χ4n) is 3.74. The van der Waals surface area contributed by atoms with Crippen molar-refractivity contribution in [3.05, 3.63) is 0 Å². The monoisotopic (exact) mass is 253 g/mol. The molecule has 1 aliphatic carbocycles. The van der Waals surface area contributed by atoms with Crippen LogP contribution in [0.5, 0.6) is 0 Å². The van der Waals surface area contributed by atoms with Crippen LogP contribution >= 0.6 is 0 Å². The van der Waals surface area contributed by atoms with Gasteiger partial charge in [0.2, 0.25) is 0 Å². The van der Waals surface area contributed by atoms with Crippen LogP contribution in [0.2, 0.25) is 0 Å². The van der Waals surface area contributed by atoms with Crippen LogP contribution in [0.4, 0.5) is 0 Å². The van der Waals surface area contributed by atoms with E-state index in [1.807, 2.05) is 0 Å². The molecule has 0 amide bonds. The zero-order valence-corrected chi connectivity index (χ0v) is 11.7. The van der Waals surface area contributed by atoms with Gasteiger partial charge >= 0.3 is 0 Å². The molecule has 0 atom stereocenters. The Morgan fingerprint density at radius 3 is 2.22 bits per heavy atom. The molecule has 0 unspecified atom stereocenters. The summed E-state index contributed by atoms with van der Waals surface area (Å²) in [5.41, 5.74) is 0. The van der Waals surface area contributed by atoms with Crippen LogP contribution < -0.4 is 0 Å². The van der Waals surface area contributed by atoms with E-state index in [0.29, 0.717) is 0 Å². The second-order valence-electron chi connectivity index (χ2n) is 6.53. The molecule has 3 nitrogen and oxygen atoms in total. The second kappa shape index (κ2) is 5.48. The van der Waals surface area contributed by atoms with Gasteiger partial charge in [0, 0.05) is 32.5 Å². The minimum Gasteiger partial charge on any atom is -0.347 e. The van der Waals surface area contributed by atoms with E-state index in [9.17, 15) is 0 Å². The predicted molar refractivity (Wildman–Crippen MR) is 71.4 cm³/mol. The van der Waals surface area contributed by atoms with Gasteiger partial charge in [0.15, 0.2) is 5.79 Å². The zero-order valence-electron chi connectivity index (χ0n) is 11.7. The Morgan fingerprint density at radius 1 is 1.00 bits per heavy atom. The zero-order chi connectivity index (χ0) is 12.4. The molecule has 0 bridgehead atoms. The maximum atomic E-state index is 5.78. The molecule has 1 spiro atoms. The molecule has 3 fully saturated rings. The molecule has 2 heterocycles. The van der Waals surface area contributed by atoms with Gasteiger partial charge in [-0.2, -0.15) is 0 Å². The Kier molecular flexibility index (Phi) is 3.92. The van der Waals surface area contributed by atoms with Crippen molar-refractivity contribution < 1.29 is 9.47 Å². The number of piperidine rings is 1. The molecule has 2 aliphatic heterocycles. The smallest absolute Gasteiger partial charge is 0.170 e. The minimum absolute atomic E-state index is 0.197. The third-order valence-electron chi connectivity index (χ3n) is 5.08. The molecule has 3 aliphatic rings. The van der Waals surface area contributed by atoms with E-state index >= 15 is 0 Å². The number of nitrogens with zero attached hydrogens (tertiary/aromatic N) is 1. The van der Waals surface area contributed by atoms with Crippen molar-refractivity contribution >= 4 is 0 Å². The van der Waals surface area contributed by atoms with E-state index in [2.05, 4.69) is 11.8 Å². The van der Waals surface area contributed by atoms with Crippen molar-refractivity contribution in [3.63, 3.8) is 0 Å². The maximum absolute atomic E-state index is 5.78. The third kappa shape index (κ3) is 2.89. The molecule has 1 saturated carbocycles. The van der Waals surface area contributed by atoms with Gasteiger partial charge in [-0.05, 0) is 24.7 Å². The van der Waals surface area contributed by atoms with Gasteiger partial charge in [0.05, 0.1) is 13.2 Å². The standard InChI is InChI=1S/C15H27NO2/c1-13-2-4-14(5-3-13)12-16-8-6-15(7-9-16)17-10-11-18-15/h13-14H,2-12H2,1H3. The Morgan fingerprint density at radius 2 is 1.61 bits per heavy atom. The lowest BCUT2D eigenvalue weighted by Crippen LogP contribution is -2.46. The van der Waals surface area contributed by atoms with Gasteiger partial charge in [-0.3, -0.25) is 0 Å². The average molecular weight is 253 g/mol. The molecule has 0 aromatic carbocycles. The van der Waals surface area contributed by atoms with Crippen molar-refractivity contribution in [2.45, 2.75) is 51.2 Å². The van der Waals surface area contributed by atoms with Crippen molar-refractivity contribution in [3.8, 4) is 0 Å². The fraction of sp³-hybridized carbons (Fsp3) is 1.00. The van der Waals surface area contributed by atoms with Crippen LogP contribution in [0, 0.1) is 11.8 Å². The van der Waals surface area contributed by atoms with E-state index in [0.717, 1.165) is 51.0 Å². The van der Waals surface area contributed by atoms with E-state index in [4.69, 9.17) is 9.47 Å². The lowest BCUT2D eigenvalue weighted by molar-refractivity contribution is -0.186. The predicted octanol–water partition coefficient (Wildman–Crippen LogP) is 2.65. The van der Waals surface area contributed by atoms with Crippen molar-refractivity contribution in [2.75, 3.05) is 32.8 Å². The van der Waals surface area contributed by atoms with Gasteiger partial charge in [-0.25, -0.2) is 0 Å². The van der Waals surface area contributed by atoms with Crippen molar-refractivity contribution in [1.29, 1.82) is 0 Å². The minimum atomic E-state index is -0.197. The second-order valence-corrected chi connectivity index (χ2v) is 6.53. The highest BCUT2D eigenvalue weighted by Crippen LogP contribution is 2.33. The highest BCUT2D eigenvalue weighted by Gasteiger charge is 2.40. The first-order valence-corrected chi connectivity index (χ1v) is 7.76. The van der Waals surface area contributed by atoms with Crippen LogP contribution in [0.1, 0.15) is 45.4 Å². The highest BCUT2D eigenvalue weighted by molar-refractivity contribution is 4.84. The van der Waals surface area contributed by atoms with Crippen LogP contribution in [0.25, 0.3) is 0 Å². The van der Waals surface area contributed by atoms with Crippen molar-refractivity contribution in [1.82, 2.24) is 4.90 Å². The largest absolute Gasteiger partial charge is 0.347 e. The molecule has 3 heteroatoms. The summed E-state index contributed by atoms with van der Waals surface area (Å²) in [5, 5.41) is 0. The summed E-state index contributed by atoms with van der Waals surface area (Å²) in [7, 11) is 0. The molecular weight excluding hydrogens is 226 g/mol. The van der Waals surface area contributed by atoms with Gasteiger partial charge in [-0.1, -0.05) is 19.8 Å². The molecule has 0 radical (unpaired) electrons. The van der Waals surface area contributed by atoms with Crippen LogP contribution in [0.15, 0.2) is 0 Å². The number of hydrogen-bond donors (Lipinski definition) is 0. The topological polar surface area (TPSA) is 21.7 Å². The molecule has 0 N–H and O–H groups in total. The highest BCUT2D eigenvalue weighted by atomic mass is 16.7. The van der Waals surface area contributed by atoms with E-state index in [-0.39, 0.29) is 5.79 Å².